The zero-order valence-corrected chi connectivity index (χ0v) is 13.4. The largest absolute Gasteiger partial charge is 0.573 e. The van der Waals surface area contributed by atoms with Crippen LogP contribution in [-0.2, 0) is 11.2 Å². The van der Waals surface area contributed by atoms with Crippen LogP contribution in [0.3, 0.4) is 0 Å². The zero-order chi connectivity index (χ0) is 17.9. The fourth-order valence-corrected chi connectivity index (χ4v) is 2.71. The first kappa shape index (κ1) is 17.0. The highest BCUT2D eigenvalue weighted by Crippen LogP contribution is 2.26. The number of amides is 1. The minimum Gasteiger partial charge on any atom is -0.406 e. The lowest BCUT2D eigenvalue weighted by Crippen LogP contribution is -2.17. The molecule has 0 bridgehead atoms. The normalized spacial score (nSPS) is 11.3. The van der Waals surface area contributed by atoms with Gasteiger partial charge in [-0.3, -0.25) is 4.79 Å². The van der Waals surface area contributed by atoms with E-state index in [2.05, 4.69) is 15.2 Å². The Morgan fingerprint density at radius 1 is 1.24 bits per heavy atom. The molecule has 0 saturated heterocycles. The second-order valence-corrected chi connectivity index (χ2v) is 5.90. The molecule has 0 fully saturated rings. The molecule has 9 heteroatoms. The maximum Gasteiger partial charge on any atom is 0.573 e. The van der Waals surface area contributed by atoms with Gasteiger partial charge in [0.25, 0.3) is 0 Å². The lowest BCUT2D eigenvalue weighted by molar-refractivity contribution is -0.274. The molecule has 1 N–H and O–H groups in total. The second kappa shape index (κ2) is 6.98. The summed E-state index contributed by atoms with van der Waals surface area (Å²) in [7, 11) is 0. The van der Waals surface area contributed by atoms with Crippen LogP contribution in [0.1, 0.15) is 5.69 Å². The SMILES string of the molecule is O=C(Cc1cc(-c2cccs2)on1)Nc1ccc(OC(F)(F)F)cc1. The summed E-state index contributed by atoms with van der Waals surface area (Å²) >= 11 is 1.49. The Kier molecular flexibility index (Phi) is 4.75. The first-order chi connectivity index (χ1) is 11.9. The third-order valence-corrected chi connectivity index (χ3v) is 3.92. The van der Waals surface area contributed by atoms with Crippen LogP contribution in [0, 0.1) is 0 Å². The van der Waals surface area contributed by atoms with Crippen molar-refractivity contribution in [2.45, 2.75) is 12.8 Å². The number of hydrogen-bond donors (Lipinski definition) is 1. The molecule has 1 aromatic carbocycles. The molecule has 130 valence electrons. The van der Waals surface area contributed by atoms with Crippen molar-refractivity contribution in [2.75, 3.05) is 5.32 Å². The smallest absolute Gasteiger partial charge is 0.406 e. The summed E-state index contributed by atoms with van der Waals surface area (Å²) in [6.07, 6.45) is -4.77. The van der Waals surface area contributed by atoms with E-state index in [1.165, 1.54) is 23.5 Å². The number of nitrogens with zero attached hydrogens (tertiary/aromatic N) is 1. The highest BCUT2D eigenvalue weighted by Gasteiger charge is 2.30. The number of rotatable bonds is 5. The number of hydrogen-bond acceptors (Lipinski definition) is 5. The van der Waals surface area contributed by atoms with Crippen molar-refractivity contribution in [1.82, 2.24) is 5.16 Å². The molecule has 0 saturated carbocycles. The van der Waals surface area contributed by atoms with Crippen molar-refractivity contribution in [3.05, 3.63) is 53.5 Å². The van der Waals surface area contributed by atoms with E-state index < -0.39 is 6.36 Å². The number of aromatic nitrogens is 1. The number of alkyl halides is 3. The number of anilines is 1. The second-order valence-electron chi connectivity index (χ2n) is 4.96. The van der Waals surface area contributed by atoms with Crippen molar-refractivity contribution < 1.29 is 27.2 Å². The average Bonchev–Trinajstić information content (AvgIpc) is 3.18. The number of carbonyl (C=O) groups excluding carboxylic acids is 1. The molecule has 0 radical (unpaired) electrons. The summed E-state index contributed by atoms with van der Waals surface area (Å²) in [5.74, 6) is -0.149. The minimum atomic E-state index is -4.75. The Hall–Kier alpha value is -2.81. The van der Waals surface area contributed by atoms with E-state index in [-0.39, 0.29) is 18.1 Å². The first-order valence-electron chi connectivity index (χ1n) is 7.04. The third-order valence-electron chi connectivity index (χ3n) is 3.04. The molecular formula is C16H11F3N2O3S. The van der Waals surface area contributed by atoms with Crippen LogP contribution in [0.2, 0.25) is 0 Å². The molecule has 0 aliphatic carbocycles. The van der Waals surface area contributed by atoms with Gasteiger partial charge in [-0.1, -0.05) is 11.2 Å². The monoisotopic (exact) mass is 368 g/mol. The topological polar surface area (TPSA) is 64.4 Å². The summed E-state index contributed by atoms with van der Waals surface area (Å²) in [5.41, 5.74) is 0.805. The number of carbonyl (C=O) groups is 1. The van der Waals surface area contributed by atoms with Crippen LogP contribution in [-0.4, -0.2) is 17.4 Å². The van der Waals surface area contributed by atoms with E-state index in [1.807, 2.05) is 17.5 Å². The van der Waals surface area contributed by atoms with E-state index in [1.54, 1.807) is 6.07 Å². The fourth-order valence-electron chi connectivity index (χ4n) is 2.04. The number of nitrogens with one attached hydrogen (secondary N) is 1. The number of benzene rings is 1. The van der Waals surface area contributed by atoms with Gasteiger partial charge in [-0.05, 0) is 35.7 Å². The van der Waals surface area contributed by atoms with E-state index in [0.29, 0.717) is 17.1 Å². The van der Waals surface area contributed by atoms with Gasteiger partial charge in [0, 0.05) is 11.8 Å². The number of thiophene rings is 1. The van der Waals surface area contributed by atoms with Crippen LogP contribution in [0.5, 0.6) is 5.75 Å². The molecule has 2 heterocycles. The van der Waals surface area contributed by atoms with Crippen LogP contribution in [0.4, 0.5) is 18.9 Å². The standard InChI is InChI=1S/C16H11F3N2O3S/c17-16(18,19)23-12-5-3-10(4-6-12)20-15(22)9-11-8-13(24-21-11)14-2-1-7-25-14/h1-8H,9H2,(H,20,22). The molecule has 1 amide bonds. The molecule has 5 nitrogen and oxygen atoms in total. The molecule has 0 aliphatic rings. The average molecular weight is 368 g/mol. The van der Waals surface area contributed by atoms with Gasteiger partial charge in [0.15, 0.2) is 5.76 Å². The van der Waals surface area contributed by atoms with E-state index >= 15 is 0 Å². The van der Waals surface area contributed by atoms with E-state index in [0.717, 1.165) is 17.0 Å². The predicted molar refractivity (Wildman–Crippen MR) is 85.3 cm³/mol. The Bertz CT molecular complexity index is 842. The first-order valence-corrected chi connectivity index (χ1v) is 7.92. The molecule has 2 aromatic heterocycles. The summed E-state index contributed by atoms with van der Waals surface area (Å²) in [6.45, 7) is 0. The van der Waals surface area contributed by atoms with Gasteiger partial charge in [-0.2, -0.15) is 0 Å². The van der Waals surface area contributed by atoms with Crippen molar-refractivity contribution in [3.63, 3.8) is 0 Å². The van der Waals surface area contributed by atoms with Crippen molar-refractivity contribution in [3.8, 4) is 16.4 Å². The molecule has 0 spiro atoms. The maximum atomic E-state index is 12.1. The molecule has 3 rings (SSSR count). The molecule has 0 atom stereocenters. The number of ether oxygens (including phenoxy) is 1. The van der Waals surface area contributed by atoms with Crippen LogP contribution < -0.4 is 10.1 Å². The van der Waals surface area contributed by atoms with E-state index in [9.17, 15) is 18.0 Å². The fraction of sp³-hybridized carbons (Fsp3) is 0.125. The molecule has 0 aliphatic heterocycles. The van der Waals surface area contributed by atoms with Crippen LogP contribution >= 0.6 is 11.3 Å². The van der Waals surface area contributed by atoms with Gasteiger partial charge in [-0.15, -0.1) is 24.5 Å². The summed E-state index contributed by atoms with van der Waals surface area (Å²) < 4.78 is 45.2. The van der Waals surface area contributed by atoms with Gasteiger partial charge < -0.3 is 14.6 Å². The van der Waals surface area contributed by atoms with Crippen molar-refractivity contribution in [2.24, 2.45) is 0 Å². The van der Waals surface area contributed by atoms with Crippen molar-refractivity contribution >= 4 is 22.9 Å². The predicted octanol–water partition coefficient (Wildman–Crippen LogP) is 4.48. The van der Waals surface area contributed by atoms with Crippen LogP contribution in [0.15, 0.2) is 52.4 Å². The lowest BCUT2D eigenvalue weighted by atomic mass is 10.2. The Labute approximate surface area is 144 Å². The Morgan fingerprint density at radius 2 is 2.00 bits per heavy atom. The van der Waals surface area contributed by atoms with Gasteiger partial charge >= 0.3 is 6.36 Å². The highest BCUT2D eigenvalue weighted by molar-refractivity contribution is 7.13. The molecule has 25 heavy (non-hydrogen) atoms. The molecule has 0 unspecified atom stereocenters. The summed E-state index contributed by atoms with van der Waals surface area (Å²) in [6, 6.07) is 10.3. The number of halogens is 3. The zero-order valence-electron chi connectivity index (χ0n) is 12.5. The Morgan fingerprint density at radius 3 is 2.64 bits per heavy atom. The molecule has 3 aromatic rings. The lowest BCUT2D eigenvalue weighted by Gasteiger charge is -2.09. The van der Waals surface area contributed by atoms with Crippen molar-refractivity contribution in [1.29, 1.82) is 0 Å². The Balaban J connectivity index is 1.57. The van der Waals surface area contributed by atoms with Gasteiger partial charge in [0.2, 0.25) is 5.91 Å². The molecular weight excluding hydrogens is 357 g/mol. The van der Waals surface area contributed by atoms with Crippen LogP contribution in [0.25, 0.3) is 10.6 Å². The summed E-state index contributed by atoms with van der Waals surface area (Å²) in [5, 5.41) is 8.30. The third kappa shape index (κ3) is 4.83. The summed E-state index contributed by atoms with van der Waals surface area (Å²) in [4.78, 5) is 12.9. The minimum absolute atomic E-state index is 0.0182. The van der Waals surface area contributed by atoms with Gasteiger partial charge in [-0.25, -0.2) is 0 Å². The van der Waals surface area contributed by atoms with Gasteiger partial charge in [0.05, 0.1) is 17.0 Å². The van der Waals surface area contributed by atoms with Gasteiger partial charge in [0.1, 0.15) is 5.75 Å². The quantitative estimate of drug-likeness (QED) is 0.721. The maximum absolute atomic E-state index is 12.1. The highest BCUT2D eigenvalue weighted by atomic mass is 32.1. The van der Waals surface area contributed by atoms with E-state index in [4.69, 9.17) is 4.52 Å².